The Morgan fingerprint density at radius 1 is 1.04 bits per heavy atom. The van der Waals surface area contributed by atoms with Crippen LogP contribution in [0.2, 0.25) is 0 Å². The van der Waals surface area contributed by atoms with Gasteiger partial charge in [-0.1, -0.05) is 0 Å². The van der Waals surface area contributed by atoms with Gasteiger partial charge in [0.05, 0.1) is 19.6 Å². The van der Waals surface area contributed by atoms with E-state index in [1.165, 1.54) is 25.7 Å². The molecule has 2 aliphatic carbocycles. The number of carbonyl (C=O) groups is 2. The lowest BCUT2D eigenvalue weighted by atomic mass is 10.2. The number of hydrogen-bond acceptors (Lipinski definition) is 4. The molecule has 0 unspecified atom stereocenters. The van der Waals surface area contributed by atoms with Gasteiger partial charge in [0.25, 0.3) is 5.91 Å². The molecule has 0 radical (unpaired) electrons. The van der Waals surface area contributed by atoms with Gasteiger partial charge in [0.2, 0.25) is 0 Å². The van der Waals surface area contributed by atoms with E-state index in [-0.39, 0.29) is 18.9 Å². The molecule has 0 heterocycles. The molecule has 0 saturated heterocycles. The maximum Gasteiger partial charge on any atom is 0.305 e. The lowest BCUT2D eigenvalue weighted by Gasteiger charge is -2.14. The van der Waals surface area contributed by atoms with E-state index in [9.17, 15) is 9.59 Å². The number of carbonyl (C=O) groups excluding carboxylic acids is 1. The summed E-state index contributed by atoms with van der Waals surface area (Å²) in [5.74, 6) is 1.27. The molecule has 1 aromatic carbocycles. The number of carboxylic acid groups (broad SMARTS) is 1. The molecule has 6 heteroatoms. The monoisotopic (exact) mass is 333 g/mol. The van der Waals surface area contributed by atoms with E-state index < -0.39 is 5.97 Å². The molecule has 2 fully saturated rings. The minimum Gasteiger partial charge on any atom is -0.489 e. The van der Waals surface area contributed by atoms with Gasteiger partial charge in [0.1, 0.15) is 0 Å². The molecule has 2 aliphatic rings. The maximum absolute atomic E-state index is 12.1. The second kappa shape index (κ2) is 7.55. The van der Waals surface area contributed by atoms with Crippen molar-refractivity contribution >= 4 is 11.9 Å². The van der Waals surface area contributed by atoms with Crippen molar-refractivity contribution in [2.45, 2.75) is 32.1 Å². The van der Waals surface area contributed by atoms with Gasteiger partial charge < -0.3 is 19.9 Å². The largest absolute Gasteiger partial charge is 0.489 e. The molecule has 0 spiro atoms. The second-order valence-corrected chi connectivity index (χ2v) is 6.57. The molecular weight excluding hydrogens is 310 g/mol. The molecular formula is C18H23NO5. The molecule has 3 rings (SSSR count). The lowest BCUT2D eigenvalue weighted by Crippen LogP contribution is -2.26. The van der Waals surface area contributed by atoms with Crippen LogP contribution in [0.3, 0.4) is 0 Å². The molecule has 2 N–H and O–H groups in total. The van der Waals surface area contributed by atoms with Crippen LogP contribution < -0.4 is 14.8 Å². The van der Waals surface area contributed by atoms with Crippen molar-refractivity contribution in [3.05, 3.63) is 23.8 Å². The van der Waals surface area contributed by atoms with Gasteiger partial charge in [-0.05, 0) is 55.7 Å². The van der Waals surface area contributed by atoms with E-state index in [2.05, 4.69) is 5.32 Å². The Kier molecular flexibility index (Phi) is 5.23. The van der Waals surface area contributed by atoms with Crippen LogP contribution in [-0.2, 0) is 4.79 Å². The van der Waals surface area contributed by atoms with Crippen LogP contribution in [0, 0.1) is 11.8 Å². The quantitative estimate of drug-likeness (QED) is 0.687. The first-order valence-corrected chi connectivity index (χ1v) is 8.51. The molecule has 0 bridgehead atoms. The Labute approximate surface area is 141 Å². The zero-order chi connectivity index (χ0) is 16.9. The van der Waals surface area contributed by atoms with Gasteiger partial charge in [-0.2, -0.15) is 0 Å². The predicted molar refractivity (Wildman–Crippen MR) is 87.5 cm³/mol. The van der Waals surface area contributed by atoms with Crippen molar-refractivity contribution in [2.75, 3.05) is 19.8 Å². The fourth-order valence-electron chi connectivity index (χ4n) is 2.25. The molecule has 0 aromatic heterocycles. The maximum atomic E-state index is 12.1. The highest BCUT2D eigenvalue weighted by molar-refractivity contribution is 5.95. The van der Waals surface area contributed by atoms with Crippen LogP contribution in [0.4, 0.5) is 0 Å². The summed E-state index contributed by atoms with van der Waals surface area (Å²) in [6, 6.07) is 5.12. The van der Waals surface area contributed by atoms with E-state index in [0.717, 1.165) is 0 Å². The first-order chi connectivity index (χ1) is 11.6. The van der Waals surface area contributed by atoms with Gasteiger partial charge in [-0.3, -0.25) is 9.59 Å². The highest BCUT2D eigenvalue weighted by Crippen LogP contribution is 2.35. The summed E-state index contributed by atoms with van der Waals surface area (Å²) in [5.41, 5.74) is 0.449. The number of rotatable bonds is 10. The molecule has 0 aliphatic heterocycles. The van der Waals surface area contributed by atoms with Crippen molar-refractivity contribution in [1.29, 1.82) is 0 Å². The number of ether oxygens (including phenoxy) is 2. The standard InChI is InChI=1S/C18H23NO5/c20-17(21)7-8-19-18(22)14-5-6-15(23-10-12-1-2-12)16(9-14)24-11-13-3-4-13/h5-6,9,12-13H,1-4,7-8,10-11H2,(H,19,22)(H,20,21). The first-order valence-electron chi connectivity index (χ1n) is 8.51. The zero-order valence-electron chi connectivity index (χ0n) is 13.6. The van der Waals surface area contributed by atoms with Crippen molar-refractivity contribution in [3.63, 3.8) is 0 Å². The van der Waals surface area contributed by atoms with Crippen LogP contribution in [0.25, 0.3) is 0 Å². The molecule has 1 amide bonds. The Balaban J connectivity index is 1.63. The average molecular weight is 333 g/mol. The fourth-order valence-corrected chi connectivity index (χ4v) is 2.25. The number of nitrogens with one attached hydrogen (secondary N) is 1. The molecule has 130 valence electrons. The minimum atomic E-state index is -0.937. The second-order valence-electron chi connectivity index (χ2n) is 6.57. The van der Waals surface area contributed by atoms with Gasteiger partial charge >= 0.3 is 5.97 Å². The van der Waals surface area contributed by atoms with Gasteiger partial charge in [-0.15, -0.1) is 0 Å². The average Bonchev–Trinajstić information content (AvgIpc) is 3.45. The first kappa shape index (κ1) is 16.6. The lowest BCUT2D eigenvalue weighted by molar-refractivity contribution is -0.136. The van der Waals surface area contributed by atoms with Crippen LogP contribution in [0.1, 0.15) is 42.5 Å². The Hall–Kier alpha value is -2.24. The van der Waals surface area contributed by atoms with Gasteiger partial charge in [-0.25, -0.2) is 0 Å². The molecule has 2 saturated carbocycles. The van der Waals surface area contributed by atoms with E-state index >= 15 is 0 Å². The van der Waals surface area contributed by atoms with E-state index in [1.807, 2.05) is 0 Å². The minimum absolute atomic E-state index is 0.0979. The Morgan fingerprint density at radius 3 is 2.25 bits per heavy atom. The molecule has 24 heavy (non-hydrogen) atoms. The molecule has 1 aromatic rings. The topological polar surface area (TPSA) is 84.9 Å². The summed E-state index contributed by atoms with van der Waals surface area (Å²) in [5, 5.41) is 11.2. The summed E-state index contributed by atoms with van der Waals surface area (Å²) in [4.78, 5) is 22.6. The van der Waals surface area contributed by atoms with Crippen molar-refractivity contribution in [1.82, 2.24) is 5.32 Å². The van der Waals surface area contributed by atoms with Crippen LogP contribution in [0.15, 0.2) is 18.2 Å². The van der Waals surface area contributed by atoms with E-state index in [0.29, 0.717) is 42.1 Å². The zero-order valence-corrected chi connectivity index (χ0v) is 13.6. The molecule has 0 atom stereocenters. The Bertz CT molecular complexity index is 607. The number of hydrogen-bond donors (Lipinski definition) is 2. The number of amides is 1. The third-order valence-corrected chi connectivity index (χ3v) is 4.17. The molecule has 6 nitrogen and oxygen atoms in total. The number of benzene rings is 1. The van der Waals surface area contributed by atoms with Crippen LogP contribution in [-0.4, -0.2) is 36.7 Å². The highest BCUT2D eigenvalue weighted by atomic mass is 16.5. The summed E-state index contributed by atoms with van der Waals surface area (Å²) < 4.78 is 11.7. The Morgan fingerprint density at radius 2 is 1.67 bits per heavy atom. The van der Waals surface area contributed by atoms with Crippen molar-refractivity contribution in [2.24, 2.45) is 11.8 Å². The summed E-state index contributed by atoms with van der Waals surface area (Å²) in [6.07, 6.45) is 4.70. The SMILES string of the molecule is O=C(O)CCNC(=O)c1ccc(OCC2CC2)c(OCC2CC2)c1. The van der Waals surface area contributed by atoms with Gasteiger partial charge in [0.15, 0.2) is 11.5 Å². The summed E-state index contributed by atoms with van der Waals surface area (Å²) in [7, 11) is 0. The number of carboxylic acids is 1. The summed E-state index contributed by atoms with van der Waals surface area (Å²) in [6.45, 7) is 1.43. The third kappa shape index (κ3) is 5.15. The van der Waals surface area contributed by atoms with E-state index in [1.54, 1.807) is 18.2 Å². The van der Waals surface area contributed by atoms with Crippen molar-refractivity contribution in [3.8, 4) is 11.5 Å². The van der Waals surface area contributed by atoms with Crippen LogP contribution in [0.5, 0.6) is 11.5 Å². The predicted octanol–water partition coefficient (Wildman–Crippen LogP) is 2.47. The third-order valence-electron chi connectivity index (χ3n) is 4.17. The van der Waals surface area contributed by atoms with Crippen LogP contribution >= 0.6 is 0 Å². The van der Waals surface area contributed by atoms with E-state index in [4.69, 9.17) is 14.6 Å². The highest BCUT2D eigenvalue weighted by Gasteiger charge is 2.25. The van der Waals surface area contributed by atoms with Crippen molar-refractivity contribution < 1.29 is 24.2 Å². The normalized spacial score (nSPS) is 16.5. The smallest absolute Gasteiger partial charge is 0.305 e. The summed E-state index contributed by atoms with van der Waals surface area (Å²) >= 11 is 0. The number of aliphatic carboxylic acids is 1. The van der Waals surface area contributed by atoms with Gasteiger partial charge in [0, 0.05) is 12.1 Å². The fraction of sp³-hybridized carbons (Fsp3) is 0.556.